The Bertz CT molecular complexity index is 516. The molecule has 2 amide bonds. The molecule has 0 bridgehead atoms. The van der Waals surface area contributed by atoms with Crippen molar-refractivity contribution in [3.8, 4) is 0 Å². The Hall–Kier alpha value is -1.92. The maximum atomic E-state index is 12.5. The van der Waals surface area contributed by atoms with Crippen LogP contribution in [0.4, 0.5) is 0 Å². The first-order chi connectivity index (χ1) is 10.9. The fourth-order valence-electron chi connectivity index (χ4n) is 2.47. The molecule has 0 aliphatic carbocycles. The number of rotatable bonds is 9. The number of methoxy groups -OCH3 is 1. The summed E-state index contributed by atoms with van der Waals surface area (Å²) >= 11 is 0. The van der Waals surface area contributed by atoms with Gasteiger partial charge >= 0.3 is 0 Å². The normalized spacial score (nSPS) is 13.4. The average Bonchev–Trinajstić information content (AvgIpc) is 2.52. The SMILES string of the molecule is CCCc1ccc(C(C)N(CC(N)=O)C(=O)C(N)COC)cc1. The molecule has 0 heterocycles. The van der Waals surface area contributed by atoms with E-state index >= 15 is 0 Å². The number of primary amides is 1. The Labute approximate surface area is 137 Å². The third-order valence-electron chi connectivity index (χ3n) is 3.74. The third-order valence-corrected chi connectivity index (χ3v) is 3.74. The largest absolute Gasteiger partial charge is 0.383 e. The zero-order valence-electron chi connectivity index (χ0n) is 14.1. The number of nitrogens with two attached hydrogens (primary N) is 2. The smallest absolute Gasteiger partial charge is 0.242 e. The molecule has 0 aliphatic rings. The van der Waals surface area contributed by atoms with Gasteiger partial charge in [0.25, 0.3) is 0 Å². The fourth-order valence-corrected chi connectivity index (χ4v) is 2.47. The number of amides is 2. The van der Waals surface area contributed by atoms with Crippen molar-refractivity contribution >= 4 is 11.8 Å². The van der Waals surface area contributed by atoms with Gasteiger partial charge in [0.05, 0.1) is 19.2 Å². The van der Waals surface area contributed by atoms with E-state index < -0.39 is 11.9 Å². The van der Waals surface area contributed by atoms with E-state index in [4.69, 9.17) is 16.2 Å². The molecule has 1 rings (SSSR count). The minimum absolute atomic E-state index is 0.0935. The summed E-state index contributed by atoms with van der Waals surface area (Å²) in [6.07, 6.45) is 2.09. The predicted molar refractivity (Wildman–Crippen MR) is 89.6 cm³/mol. The minimum Gasteiger partial charge on any atom is -0.383 e. The lowest BCUT2D eigenvalue weighted by molar-refractivity contribution is -0.139. The van der Waals surface area contributed by atoms with Crippen molar-refractivity contribution in [1.29, 1.82) is 0 Å². The first-order valence-electron chi connectivity index (χ1n) is 7.82. The quantitative estimate of drug-likeness (QED) is 0.708. The van der Waals surface area contributed by atoms with E-state index in [9.17, 15) is 9.59 Å². The minimum atomic E-state index is -0.818. The average molecular weight is 321 g/mol. The lowest BCUT2D eigenvalue weighted by Gasteiger charge is -2.30. The number of hydrogen-bond donors (Lipinski definition) is 2. The molecule has 2 unspecified atom stereocenters. The van der Waals surface area contributed by atoms with Crippen LogP contribution < -0.4 is 11.5 Å². The Kier molecular flexibility index (Phi) is 7.71. The number of benzene rings is 1. The van der Waals surface area contributed by atoms with Crippen molar-refractivity contribution in [3.63, 3.8) is 0 Å². The highest BCUT2D eigenvalue weighted by molar-refractivity contribution is 5.87. The molecule has 6 nitrogen and oxygen atoms in total. The number of nitrogens with zero attached hydrogens (tertiary/aromatic N) is 1. The summed E-state index contributed by atoms with van der Waals surface area (Å²) in [4.78, 5) is 25.2. The van der Waals surface area contributed by atoms with E-state index in [-0.39, 0.29) is 25.1 Å². The maximum absolute atomic E-state index is 12.5. The lowest BCUT2D eigenvalue weighted by atomic mass is 10.0. The van der Waals surface area contributed by atoms with E-state index in [0.717, 1.165) is 18.4 Å². The monoisotopic (exact) mass is 321 g/mol. The van der Waals surface area contributed by atoms with Gasteiger partial charge in [0.1, 0.15) is 6.04 Å². The molecule has 0 spiro atoms. The maximum Gasteiger partial charge on any atom is 0.242 e. The van der Waals surface area contributed by atoms with Crippen LogP contribution in [0.15, 0.2) is 24.3 Å². The summed E-state index contributed by atoms with van der Waals surface area (Å²) in [5.74, 6) is -0.923. The second-order valence-electron chi connectivity index (χ2n) is 5.66. The zero-order chi connectivity index (χ0) is 17.4. The highest BCUT2D eigenvalue weighted by Gasteiger charge is 2.27. The molecule has 1 aromatic carbocycles. The highest BCUT2D eigenvalue weighted by atomic mass is 16.5. The van der Waals surface area contributed by atoms with Gasteiger partial charge in [-0.1, -0.05) is 37.6 Å². The van der Waals surface area contributed by atoms with Gasteiger partial charge < -0.3 is 21.1 Å². The number of carbonyl (C=O) groups is 2. The van der Waals surface area contributed by atoms with Crippen LogP contribution in [-0.2, 0) is 20.7 Å². The Morgan fingerprint density at radius 3 is 2.35 bits per heavy atom. The molecular formula is C17H27N3O3. The molecule has 0 aliphatic heterocycles. The summed E-state index contributed by atoms with van der Waals surface area (Å²) in [5.41, 5.74) is 13.3. The summed E-state index contributed by atoms with van der Waals surface area (Å²) < 4.78 is 4.92. The van der Waals surface area contributed by atoms with Crippen LogP contribution in [0.3, 0.4) is 0 Å². The number of carbonyl (C=O) groups excluding carboxylic acids is 2. The van der Waals surface area contributed by atoms with Gasteiger partial charge in [0.2, 0.25) is 11.8 Å². The predicted octanol–water partition coefficient (Wildman–Crippen LogP) is 0.988. The fraction of sp³-hybridized carbons (Fsp3) is 0.529. The Balaban J connectivity index is 2.96. The van der Waals surface area contributed by atoms with Gasteiger partial charge in [-0.2, -0.15) is 0 Å². The molecule has 0 aromatic heterocycles. The number of hydrogen-bond acceptors (Lipinski definition) is 4. The molecular weight excluding hydrogens is 294 g/mol. The van der Waals surface area contributed by atoms with Crippen molar-refractivity contribution < 1.29 is 14.3 Å². The Morgan fingerprint density at radius 2 is 1.87 bits per heavy atom. The van der Waals surface area contributed by atoms with E-state index in [2.05, 4.69) is 6.92 Å². The standard InChI is InChI=1S/C17H27N3O3/c1-4-5-13-6-8-14(9-7-13)12(2)20(10-16(19)21)17(22)15(18)11-23-3/h6-9,12,15H,4-5,10-11,18H2,1-3H3,(H2,19,21). The van der Waals surface area contributed by atoms with Gasteiger partial charge in [-0.25, -0.2) is 0 Å². The van der Waals surface area contributed by atoms with Gasteiger partial charge in [-0.05, 0) is 24.5 Å². The van der Waals surface area contributed by atoms with Crippen molar-refractivity contribution in [2.75, 3.05) is 20.3 Å². The van der Waals surface area contributed by atoms with Gasteiger partial charge in [-0.3, -0.25) is 9.59 Å². The third kappa shape index (κ3) is 5.65. The van der Waals surface area contributed by atoms with Crippen molar-refractivity contribution in [2.45, 2.75) is 38.8 Å². The Morgan fingerprint density at radius 1 is 1.26 bits per heavy atom. The van der Waals surface area contributed by atoms with Crippen LogP contribution in [-0.4, -0.2) is 43.0 Å². The topological polar surface area (TPSA) is 98.7 Å². The summed E-state index contributed by atoms with van der Waals surface area (Å²) in [6, 6.07) is 6.90. The van der Waals surface area contributed by atoms with Gasteiger partial charge in [0, 0.05) is 7.11 Å². The number of ether oxygens (including phenoxy) is 1. The molecule has 1 aromatic rings. The molecule has 0 saturated heterocycles. The molecule has 4 N–H and O–H groups in total. The van der Waals surface area contributed by atoms with E-state index in [1.807, 2.05) is 31.2 Å². The van der Waals surface area contributed by atoms with E-state index in [1.165, 1.54) is 17.6 Å². The summed E-state index contributed by atoms with van der Waals surface area (Å²) in [6.45, 7) is 3.90. The highest BCUT2D eigenvalue weighted by Crippen LogP contribution is 2.21. The summed E-state index contributed by atoms with van der Waals surface area (Å²) in [7, 11) is 1.47. The molecule has 2 atom stereocenters. The molecule has 6 heteroatoms. The first kappa shape index (κ1) is 19.1. The van der Waals surface area contributed by atoms with E-state index in [1.54, 1.807) is 0 Å². The van der Waals surface area contributed by atoms with Crippen molar-refractivity contribution in [3.05, 3.63) is 35.4 Å². The molecule has 0 fully saturated rings. The van der Waals surface area contributed by atoms with Crippen LogP contribution in [0.25, 0.3) is 0 Å². The second-order valence-corrected chi connectivity index (χ2v) is 5.66. The van der Waals surface area contributed by atoms with Crippen LogP contribution in [0.5, 0.6) is 0 Å². The van der Waals surface area contributed by atoms with E-state index in [0.29, 0.717) is 0 Å². The van der Waals surface area contributed by atoms with Gasteiger partial charge in [0.15, 0.2) is 0 Å². The molecule has 0 radical (unpaired) electrons. The molecule has 0 saturated carbocycles. The van der Waals surface area contributed by atoms with Crippen LogP contribution in [0, 0.1) is 0 Å². The molecule has 128 valence electrons. The lowest BCUT2D eigenvalue weighted by Crippen LogP contribution is -2.49. The molecule has 23 heavy (non-hydrogen) atoms. The first-order valence-corrected chi connectivity index (χ1v) is 7.82. The van der Waals surface area contributed by atoms with Crippen molar-refractivity contribution in [2.24, 2.45) is 11.5 Å². The van der Waals surface area contributed by atoms with Gasteiger partial charge in [-0.15, -0.1) is 0 Å². The van der Waals surface area contributed by atoms with Crippen LogP contribution in [0.1, 0.15) is 37.4 Å². The van der Waals surface area contributed by atoms with Crippen LogP contribution in [0.2, 0.25) is 0 Å². The van der Waals surface area contributed by atoms with Crippen LogP contribution >= 0.6 is 0 Å². The second kappa shape index (κ2) is 9.27. The summed E-state index contributed by atoms with van der Waals surface area (Å²) in [5, 5.41) is 0. The zero-order valence-corrected chi connectivity index (χ0v) is 14.1. The van der Waals surface area contributed by atoms with Crippen molar-refractivity contribution in [1.82, 2.24) is 4.90 Å². The number of aryl methyl sites for hydroxylation is 1.